The zero-order chi connectivity index (χ0) is 10.1. The molecule has 0 heterocycles. The number of carbonyl (C=O) groups is 1. The van der Waals surface area contributed by atoms with E-state index in [0.29, 0.717) is 12.6 Å². The van der Waals surface area contributed by atoms with Crippen molar-refractivity contribution in [3.63, 3.8) is 0 Å². The molecule has 0 aromatic carbocycles. The molecule has 0 radical (unpaired) electrons. The van der Waals surface area contributed by atoms with Crippen molar-refractivity contribution in [1.82, 2.24) is 10.6 Å². The summed E-state index contributed by atoms with van der Waals surface area (Å²) < 4.78 is 0. The van der Waals surface area contributed by atoms with Gasteiger partial charge in [0.1, 0.15) is 0 Å². The molecule has 0 saturated heterocycles. The molecule has 1 rings (SSSR count). The van der Waals surface area contributed by atoms with Gasteiger partial charge in [-0.05, 0) is 33.1 Å². The van der Waals surface area contributed by atoms with Gasteiger partial charge in [-0.1, -0.05) is 6.92 Å². The molecule has 1 aliphatic rings. The lowest BCUT2D eigenvalue weighted by Gasteiger charge is -2.20. The van der Waals surface area contributed by atoms with Crippen molar-refractivity contribution in [3.05, 3.63) is 0 Å². The van der Waals surface area contributed by atoms with Gasteiger partial charge in [-0.25, -0.2) is 0 Å². The standard InChI is InChI=1S/C10H20N2O/c1-7-5-8(7)11-6-9(13)12-10(2,3)4/h7-8,11H,5-6H2,1-4H3,(H,12,13). The van der Waals surface area contributed by atoms with Crippen LogP contribution in [0.1, 0.15) is 34.1 Å². The maximum atomic E-state index is 11.3. The van der Waals surface area contributed by atoms with Crippen LogP contribution in [-0.4, -0.2) is 24.0 Å². The Bertz CT molecular complexity index is 196. The number of hydrogen-bond donors (Lipinski definition) is 2. The van der Waals surface area contributed by atoms with Crippen molar-refractivity contribution in [2.24, 2.45) is 5.92 Å². The molecule has 0 aliphatic heterocycles. The van der Waals surface area contributed by atoms with Gasteiger partial charge in [0, 0.05) is 11.6 Å². The molecular formula is C10H20N2O. The minimum Gasteiger partial charge on any atom is -0.350 e. The normalized spacial score (nSPS) is 27.1. The minimum atomic E-state index is -0.117. The minimum absolute atomic E-state index is 0.0894. The van der Waals surface area contributed by atoms with E-state index >= 15 is 0 Å². The summed E-state index contributed by atoms with van der Waals surface area (Å²) >= 11 is 0. The van der Waals surface area contributed by atoms with E-state index < -0.39 is 0 Å². The van der Waals surface area contributed by atoms with Gasteiger partial charge in [0.2, 0.25) is 5.91 Å². The Labute approximate surface area is 80.3 Å². The molecule has 2 atom stereocenters. The highest BCUT2D eigenvalue weighted by atomic mass is 16.2. The second kappa shape index (κ2) is 3.66. The fourth-order valence-electron chi connectivity index (χ4n) is 1.29. The molecule has 0 spiro atoms. The highest BCUT2D eigenvalue weighted by Gasteiger charge is 2.32. The summed E-state index contributed by atoms with van der Waals surface area (Å²) in [5.74, 6) is 0.842. The SMILES string of the molecule is CC1CC1NCC(=O)NC(C)(C)C. The summed E-state index contributed by atoms with van der Waals surface area (Å²) in [6.45, 7) is 8.62. The number of hydrogen-bond acceptors (Lipinski definition) is 2. The van der Waals surface area contributed by atoms with Crippen LogP contribution in [0.3, 0.4) is 0 Å². The first kappa shape index (κ1) is 10.5. The molecular weight excluding hydrogens is 164 g/mol. The van der Waals surface area contributed by atoms with E-state index in [1.807, 2.05) is 20.8 Å². The molecule has 1 aliphatic carbocycles. The highest BCUT2D eigenvalue weighted by molar-refractivity contribution is 5.78. The van der Waals surface area contributed by atoms with Crippen LogP contribution in [0, 0.1) is 5.92 Å². The molecule has 0 aromatic heterocycles. The molecule has 2 N–H and O–H groups in total. The Morgan fingerprint density at radius 2 is 2.00 bits per heavy atom. The molecule has 3 heteroatoms. The average Bonchev–Trinajstić information content (AvgIpc) is 2.58. The van der Waals surface area contributed by atoms with Crippen LogP contribution >= 0.6 is 0 Å². The summed E-state index contributed by atoms with van der Waals surface area (Å²) in [7, 11) is 0. The van der Waals surface area contributed by atoms with Gasteiger partial charge in [0.15, 0.2) is 0 Å². The molecule has 1 amide bonds. The van der Waals surface area contributed by atoms with Crippen LogP contribution in [0.15, 0.2) is 0 Å². The predicted molar refractivity (Wildman–Crippen MR) is 53.5 cm³/mol. The summed E-state index contributed by atoms with van der Waals surface area (Å²) in [6.07, 6.45) is 1.21. The first-order valence-electron chi connectivity index (χ1n) is 4.93. The second-order valence-corrected chi connectivity index (χ2v) is 5.00. The van der Waals surface area contributed by atoms with E-state index in [0.717, 1.165) is 5.92 Å². The van der Waals surface area contributed by atoms with Crippen molar-refractivity contribution >= 4 is 5.91 Å². The first-order chi connectivity index (χ1) is 5.88. The van der Waals surface area contributed by atoms with Gasteiger partial charge in [0.25, 0.3) is 0 Å². The Kier molecular flexibility index (Phi) is 2.96. The predicted octanol–water partition coefficient (Wildman–Crippen LogP) is 0.899. The smallest absolute Gasteiger partial charge is 0.234 e. The van der Waals surface area contributed by atoms with E-state index in [2.05, 4.69) is 17.6 Å². The molecule has 0 aromatic rings. The topological polar surface area (TPSA) is 41.1 Å². The van der Waals surface area contributed by atoms with Crippen LogP contribution in [0.25, 0.3) is 0 Å². The van der Waals surface area contributed by atoms with E-state index in [-0.39, 0.29) is 11.4 Å². The number of rotatable bonds is 3. The van der Waals surface area contributed by atoms with Crippen molar-refractivity contribution in [2.75, 3.05) is 6.54 Å². The number of nitrogens with one attached hydrogen (secondary N) is 2. The van der Waals surface area contributed by atoms with Crippen molar-refractivity contribution in [3.8, 4) is 0 Å². The lowest BCUT2D eigenvalue weighted by atomic mass is 10.1. The number of amides is 1. The van der Waals surface area contributed by atoms with E-state index in [1.165, 1.54) is 6.42 Å². The third kappa shape index (κ3) is 4.27. The van der Waals surface area contributed by atoms with Crippen LogP contribution in [0.2, 0.25) is 0 Å². The third-order valence-corrected chi connectivity index (χ3v) is 2.15. The van der Waals surface area contributed by atoms with Crippen LogP contribution in [-0.2, 0) is 4.79 Å². The molecule has 13 heavy (non-hydrogen) atoms. The molecule has 1 fully saturated rings. The summed E-state index contributed by atoms with van der Waals surface area (Å²) in [5, 5.41) is 6.13. The molecule has 2 unspecified atom stereocenters. The largest absolute Gasteiger partial charge is 0.350 e. The molecule has 0 bridgehead atoms. The monoisotopic (exact) mass is 184 g/mol. The van der Waals surface area contributed by atoms with E-state index in [9.17, 15) is 4.79 Å². The summed E-state index contributed by atoms with van der Waals surface area (Å²) in [6, 6.07) is 0.575. The average molecular weight is 184 g/mol. The van der Waals surface area contributed by atoms with Crippen LogP contribution < -0.4 is 10.6 Å². The zero-order valence-corrected chi connectivity index (χ0v) is 8.98. The molecule has 1 saturated carbocycles. The van der Waals surface area contributed by atoms with Crippen LogP contribution in [0.5, 0.6) is 0 Å². The maximum absolute atomic E-state index is 11.3. The van der Waals surface area contributed by atoms with E-state index in [4.69, 9.17) is 0 Å². The number of carbonyl (C=O) groups excluding carboxylic acids is 1. The lowest BCUT2D eigenvalue weighted by molar-refractivity contribution is -0.121. The van der Waals surface area contributed by atoms with Gasteiger partial charge < -0.3 is 10.6 Å². The Morgan fingerprint density at radius 1 is 1.46 bits per heavy atom. The highest BCUT2D eigenvalue weighted by Crippen LogP contribution is 2.28. The van der Waals surface area contributed by atoms with Gasteiger partial charge in [0.05, 0.1) is 6.54 Å². The second-order valence-electron chi connectivity index (χ2n) is 5.00. The van der Waals surface area contributed by atoms with Gasteiger partial charge in [-0.2, -0.15) is 0 Å². The maximum Gasteiger partial charge on any atom is 0.234 e. The van der Waals surface area contributed by atoms with Crippen molar-refractivity contribution < 1.29 is 4.79 Å². The Morgan fingerprint density at radius 3 is 2.38 bits per heavy atom. The van der Waals surface area contributed by atoms with Gasteiger partial charge in [-0.3, -0.25) is 4.79 Å². The first-order valence-corrected chi connectivity index (χ1v) is 4.93. The Balaban J connectivity index is 2.11. The lowest BCUT2D eigenvalue weighted by Crippen LogP contribution is -2.45. The zero-order valence-electron chi connectivity index (χ0n) is 8.98. The van der Waals surface area contributed by atoms with E-state index in [1.54, 1.807) is 0 Å². The third-order valence-electron chi connectivity index (χ3n) is 2.15. The van der Waals surface area contributed by atoms with Crippen molar-refractivity contribution in [1.29, 1.82) is 0 Å². The van der Waals surface area contributed by atoms with Crippen molar-refractivity contribution in [2.45, 2.75) is 45.7 Å². The molecule has 76 valence electrons. The quantitative estimate of drug-likeness (QED) is 0.684. The Hall–Kier alpha value is -0.570. The summed E-state index contributed by atoms with van der Waals surface area (Å²) in [4.78, 5) is 11.3. The van der Waals surface area contributed by atoms with Gasteiger partial charge in [-0.15, -0.1) is 0 Å². The summed E-state index contributed by atoms with van der Waals surface area (Å²) in [5.41, 5.74) is -0.117. The van der Waals surface area contributed by atoms with Gasteiger partial charge >= 0.3 is 0 Å². The fraction of sp³-hybridized carbons (Fsp3) is 0.900. The fourth-order valence-corrected chi connectivity index (χ4v) is 1.29. The van der Waals surface area contributed by atoms with Crippen LogP contribution in [0.4, 0.5) is 0 Å². The molecule has 3 nitrogen and oxygen atoms in total.